The molecule has 1 aromatic carbocycles. The minimum atomic E-state index is -0.600. The molecule has 1 rings (SSSR count). The lowest BCUT2D eigenvalue weighted by molar-refractivity contribution is -0.385. The van der Waals surface area contributed by atoms with Crippen molar-refractivity contribution in [3.05, 3.63) is 45.3 Å². The Morgan fingerprint density at radius 1 is 1.45 bits per heavy atom. The lowest BCUT2D eigenvalue weighted by Gasteiger charge is -2.19. The van der Waals surface area contributed by atoms with Gasteiger partial charge in [-0.3, -0.25) is 10.1 Å². The molecule has 0 unspecified atom stereocenters. The van der Waals surface area contributed by atoms with Crippen molar-refractivity contribution in [1.82, 2.24) is 5.32 Å². The molecule has 1 aromatic rings. The quantitative estimate of drug-likeness (QED) is 0.680. The Kier molecular flexibility index (Phi) is 5.62. The van der Waals surface area contributed by atoms with Crippen LogP contribution in [0.3, 0.4) is 0 Å². The van der Waals surface area contributed by atoms with Gasteiger partial charge in [-0.25, -0.2) is 9.18 Å². The van der Waals surface area contributed by atoms with E-state index in [0.29, 0.717) is 0 Å². The van der Waals surface area contributed by atoms with Crippen molar-refractivity contribution in [2.24, 2.45) is 0 Å². The molecule has 0 bridgehead atoms. The lowest BCUT2D eigenvalue weighted by atomic mass is 10.1. The molecule has 0 aliphatic heterocycles. The minimum Gasteiger partial charge on any atom is -0.444 e. The van der Waals surface area contributed by atoms with Gasteiger partial charge in [0.15, 0.2) is 0 Å². The lowest BCUT2D eigenvalue weighted by Crippen LogP contribution is -2.32. The maximum Gasteiger partial charge on any atom is 0.407 e. The molecule has 7 heteroatoms. The number of benzene rings is 1. The normalized spacial score (nSPS) is 11.5. The van der Waals surface area contributed by atoms with Gasteiger partial charge < -0.3 is 10.1 Å². The summed E-state index contributed by atoms with van der Waals surface area (Å²) in [6.07, 6.45) is 2.27. The molecule has 0 saturated heterocycles. The van der Waals surface area contributed by atoms with Crippen LogP contribution < -0.4 is 5.32 Å². The zero-order valence-electron chi connectivity index (χ0n) is 13.0. The van der Waals surface area contributed by atoms with Crippen LogP contribution in [-0.4, -0.2) is 23.2 Å². The van der Waals surface area contributed by atoms with Gasteiger partial charge in [0.05, 0.1) is 4.92 Å². The number of hydrogen-bond donors (Lipinski definition) is 1. The number of halogens is 1. The fourth-order valence-electron chi connectivity index (χ4n) is 1.64. The average Bonchev–Trinajstić information content (AvgIpc) is 2.33. The van der Waals surface area contributed by atoms with Crippen molar-refractivity contribution in [3.8, 4) is 0 Å². The summed E-state index contributed by atoms with van der Waals surface area (Å²) in [6.45, 7) is 6.81. The second kappa shape index (κ2) is 7.02. The van der Waals surface area contributed by atoms with Gasteiger partial charge in [0.25, 0.3) is 5.69 Å². The first-order valence-corrected chi connectivity index (χ1v) is 6.68. The van der Waals surface area contributed by atoms with Crippen molar-refractivity contribution < 1.29 is 18.8 Å². The largest absolute Gasteiger partial charge is 0.444 e. The number of nitrogens with one attached hydrogen (secondary N) is 1. The van der Waals surface area contributed by atoms with Crippen molar-refractivity contribution in [3.63, 3.8) is 0 Å². The molecule has 1 amide bonds. The Labute approximate surface area is 128 Å². The van der Waals surface area contributed by atoms with E-state index in [4.69, 9.17) is 4.74 Å². The molecule has 0 saturated carbocycles. The Morgan fingerprint density at radius 3 is 2.64 bits per heavy atom. The molecule has 0 spiro atoms. The topological polar surface area (TPSA) is 81.5 Å². The van der Waals surface area contributed by atoms with E-state index in [9.17, 15) is 19.3 Å². The molecule has 120 valence electrons. The third kappa shape index (κ3) is 5.51. The molecule has 0 atom stereocenters. The molecule has 0 aliphatic rings. The highest BCUT2D eigenvalue weighted by Crippen LogP contribution is 2.22. The molecule has 6 nitrogen and oxygen atoms in total. The third-order valence-electron chi connectivity index (χ3n) is 2.57. The van der Waals surface area contributed by atoms with Crippen LogP contribution in [0.4, 0.5) is 14.9 Å². The number of carbonyl (C=O) groups excluding carboxylic acids is 1. The van der Waals surface area contributed by atoms with Gasteiger partial charge in [-0.05, 0) is 33.8 Å². The van der Waals surface area contributed by atoms with Crippen molar-refractivity contribution in [2.45, 2.75) is 33.3 Å². The Morgan fingerprint density at radius 2 is 2.09 bits per heavy atom. The summed E-state index contributed by atoms with van der Waals surface area (Å²) in [7, 11) is 0. The van der Waals surface area contributed by atoms with E-state index >= 15 is 0 Å². The Bertz CT molecular complexity index is 606. The number of nitro benzene ring substituents is 1. The Hall–Kier alpha value is -2.44. The monoisotopic (exact) mass is 310 g/mol. The number of hydrogen-bond acceptors (Lipinski definition) is 4. The van der Waals surface area contributed by atoms with E-state index in [1.165, 1.54) is 19.1 Å². The van der Waals surface area contributed by atoms with Gasteiger partial charge in [0, 0.05) is 23.7 Å². The highest BCUT2D eigenvalue weighted by molar-refractivity contribution is 5.68. The minimum absolute atomic E-state index is 0.0864. The molecule has 22 heavy (non-hydrogen) atoms. The zero-order chi connectivity index (χ0) is 16.9. The fourth-order valence-corrected chi connectivity index (χ4v) is 1.64. The van der Waals surface area contributed by atoms with Crippen LogP contribution in [0.15, 0.2) is 18.2 Å². The summed E-state index contributed by atoms with van der Waals surface area (Å²) in [4.78, 5) is 21.7. The molecule has 1 N–H and O–H groups in total. The number of amides is 1. The van der Waals surface area contributed by atoms with Gasteiger partial charge in [-0.15, -0.1) is 0 Å². The molecule has 0 aliphatic carbocycles. The molecular weight excluding hydrogens is 291 g/mol. The van der Waals surface area contributed by atoms with Crippen LogP contribution in [0.1, 0.15) is 31.9 Å². The van der Waals surface area contributed by atoms with Gasteiger partial charge in [-0.2, -0.15) is 0 Å². The van der Waals surface area contributed by atoms with E-state index in [0.717, 1.165) is 12.1 Å². The van der Waals surface area contributed by atoms with Crippen molar-refractivity contribution in [2.75, 3.05) is 6.54 Å². The third-order valence-corrected chi connectivity index (χ3v) is 2.57. The van der Waals surface area contributed by atoms with Crippen molar-refractivity contribution in [1.29, 1.82) is 0 Å². The maximum absolute atomic E-state index is 13.7. The number of carbonyl (C=O) groups is 1. The second-order valence-electron chi connectivity index (χ2n) is 5.70. The molecule has 0 radical (unpaired) electrons. The molecular formula is C15H19FN2O4. The number of alkyl carbamates (subject to hydrolysis) is 1. The van der Waals surface area contributed by atoms with Gasteiger partial charge in [0.1, 0.15) is 11.4 Å². The van der Waals surface area contributed by atoms with Gasteiger partial charge in [0.2, 0.25) is 0 Å². The number of ether oxygens (including phenoxy) is 1. The average molecular weight is 310 g/mol. The van der Waals surface area contributed by atoms with Crippen LogP contribution in [0.25, 0.3) is 6.08 Å². The number of rotatable bonds is 4. The molecule has 0 aromatic heterocycles. The van der Waals surface area contributed by atoms with Crippen LogP contribution in [0, 0.1) is 22.9 Å². The molecule has 0 fully saturated rings. The fraction of sp³-hybridized carbons (Fsp3) is 0.400. The summed E-state index contributed by atoms with van der Waals surface area (Å²) in [5.41, 5.74) is -0.409. The summed E-state index contributed by atoms with van der Waals surface area (Å²) in [5, 5.41) is 13.3. The Balaban J connectivity index is 2.69. The summed E-state index contributed by atoms with van der Waals surface area (Å²) >= 11 is 0. The van der Waals surface area contributed by atoms with E-state index in [1.807, 2.05) is 0 Å². The predicted octanol–water partition coefficient (Wildman–Crippen LogP) is 3.58. The highest BCUT2D eigenvalue weighted by Gasteiger charge is 2.15. The summed E-state index contributed by atoms with van der Waals surface area (Å²) in [5.74, 6) is -0.559. The number of aryl methyl sites for hydroxylation is 1. The second-order valence-corrected chi connectivity index (χ2v) is 5.70. The first-order chi connectivity index (χ1) is 10.1. The maximum atomic E-state index is 13.7. The van der Waals surface area contributed by atoms with Gasteiger partial charge in [-0.1, -0.05) is 12.2 Å². The standard InChI is InChI=1S/C15H19FN2O4/c1-10-8-12(16)11(9-13(10)18(20)21)6-5-7-17-14(19)22-15(2,3)4/h5-6,8-9H,7H2,1-4H3,(H,17,19). The predicted molar refractivity (Wildman–Crippen MR) is 81.1 cm³/mol. The summed E-state index contributed by atoms with van der Waals surface area (Å²) < 4.78 is 18.7. The van der Waals surface area contributed by atoms with E-state index < -0.39 is 22.4 Å². The van der Waals surface area contributed by atoms with Gasteiger partial charge >= 0.3 is 6.09 Å². The van der Waals surface area contributed by atoms with Crippen LogP contribution >= 0.6 is 0 Å². The van der Waals surface area contributed by atoms with Crippen molar-refractivity contribution >= 4 is 17.9 Å². The summed E-state index contributed by atoms with van der Waals surface area (Å²) in [6, 6.07) is 2.27. The number of nitrogens with zero attached hydrogens (tertiary/aromatic N) is 1. The van der Waals surface area contributed by atoms with Crippen LogP contribution in [-0.2, 0) is 4.74 Å². The smallest absolute Gasteiger partial charge is 0.407 e. The van der Waals surface area contributed by atoms with Crippen LogP contribution in [0.5, 0.6) is 0 Å². The van der Waals surface area contributed by atoms with E-state index in [-0.39, 0.29) is 23.4 Å². The zero-order valence-corrected chi connectivity index (χ0v) is 13.0. The van der Waals surface area contributed by atoms with Crippen LogP contribution in [0.2, 0.25) is 0 Å². The van der Waals surface area contributed by atoms with E-state index in [2.05, 4.69) is 5.32 Å². The SMILES string of the molecule is Cc1cc(F)c(C=CCNC(=O)OC(C)(C)C)cc1[N+](=O)[O-]. The first kappa shape index (κ1) is 17.6. The molecule has 0 heterocycles. The number of nitro groups is 1. The first-order valence-electron chi connectivity index (χ1n) is 6.68. The van der Waals surface area contributed by atoms with E-state index in [1.54, 1.807) is 20.8 Å². The highest BCUT2D eigenvalue weighted by atomic mass is 19.1.